The van der Waals surface area contributed by atoms with Gasteiger partial charge in [0.25, 0.3) is 5.91 Å². The molecule has 0 fully saturated rings. The van der Waals surface area contributed by atoms with Crippen LogP contribution in [0.25, 0.3) is 11.3 Å². The minimum absolute atomic E-state index is 0.161. The third-order valence-corrected chi connectivity index (χ3v) is 4.49. The summed E-state index contributed by atoms with van der Waals surface area (Å²) in [5.74, 6) is -2.76. The maximum absolute atomic E-state index is 13.6. The molecular weight excluding hydrogens is 393 g/mol. The number of oxime groups is 1. The van der Waals surface area contributed by atoms with Crippen LogP contribution in [-0.4, -0.2) is 22.6 Å². The molecule has 0 radical (unpaired) electrons. The van der Waals surface area contributed by atoms with Crippen molar-refractivity contribution < 1.29 is 18.8 Å². The second-order valence-electron chi connectivity index (χ2n) is 5.21. The van der Waals surface area contributed by atoms with Crippen molar-refractivity contribution in [3.63, 3.8) is 0 Å². The first-order valence-electron chi connectivity index (χ1n) is 7.51. The summed E-state index contributed by atoms with van der Waals surface area (Å²) in [6.07, 6.45) is 0. The van der Waals surface area contributed by atoms with E-state index in [4.69, 9.17) is 17.3 Å². The van der Waals surface area contributed by atoms with Crippen LogP contribution in [0.2, 0.25) is 5.02 Å². The number of carbonyl (C=O) groups is 2. The summed E-state index contributed by atoms with van der Waals surface area (Å²) in [7, 11) is 0. The lowest BCUT2D eigenvalue weighted by molar-refractivity contribution is -0.112. The molecule has 136 valence electrons. The van der Waals surface area contributed by atoms with E-state index >= 15 is 0 Å². The van der Waals surface area contributed by atoms with Gasteiger partial charge in [-0.2, -0.15) is 0 Å². The van der Waals surface area contributed by atoms with Gasteiger partial charge in [0.2, 0.25) is 5.71 Å². The summed E-state index contributed by atoms with van der Waals surface area (Å²) < 4.78 is 13.6. The number of halogens is 2. The minimum Gasteiger partial charge on any atom is -0.364 e. The van der Waals surface area contributed by atoms with Crippen LogP contribution >= 0.6 is 22.9 Å². The van der Waals surface area contributed by atoms with E-state index in [1.54, 1.807) is 29.6 Å². The zero-order chi connectivity index (χ0) is 19.4. The third kappa shape index (κ3) is 4.36. The number of nitrogens with two attached hydrogens (primary N) is 1. The highest BCUT2D eigenvalue weighted by Crippen LogP contribution is 2.24. The maximum atomic E-state index is 13.6. The molecule has 27 heavy (non-hydrogen) atoms. The van der Waals surface area contributed by atoms with Crippen molar-refractivity contribution in [2.75, 3.05) is 0 Å². The average molecular weight is 404 g/mol. The van der Waals surface area contributed by atoms with Gasteiger partial charge in [0.1, 0.15) is 5.82 Å². The van der Waals surface area contributed by atoms with Crippen LogP contribution < -0.4 is 5.73 Å². The van der Waals surface area contributed by atoms with E-state index in [1.165, 1.54) is 18.2 Å². The SMILES string of the molecule is NC(=O)/C(=N/OC(=O)c1ccccc1F)c1nc(-c2ccc(Cl)cc2)cs1. The van der Waals surface area contributed by atoms with E-state index < -0.39 is 17.7 Å². The van der Waals surface area contributed by atoms with Gasteiger partial charge in [-0.1, -0.05) is 41.0 Å². The fourth-order valence-corrected chi connectivity index (χ4v) is 3.03. The molecule has 1 heterocycles. The first-order valence-corrected chi connectivity index (χ1v) is 8.77. The number of carbonyl (C=O) groups excluding carboxylic acids is 2. The van der Waals surface area contributed by atoms with E-state index in [1.807, 2.05) is 0 Å². The lowest BCUT2D eigenvalue weighted by Gasteiger charge is -2.01. The molecule has 0 aliphatic rings. The molecular formula is C18H11ClFN3O3S. The van der Waals surface area contributed by atoms with Crippen LogP contribution in [0, 0.1) is 5.82 Å². The van der Waals surface area contributed by atoms with Gasteiger partial charge in [-0.25, -0.2) is 14.2 Å². The Balaban J connectivity index is 1.85. The number of aromatic nitrogens is 1. The molecule has 2 N–H and O–H groups in total. The summed E-state index contributed by atoms with van der Waals surface area (Å²) in [5, 5.41) is 5.91. The fraction of sp³-hybridized carbons (Fsp3) is 0. The molecule has 0 aliphatic carbocycles. The summed E-state index contributed by atoms with van der Waals surface area (Å²) in [5.41, 5.74) is 5.99. The second-order valence-corrected chi connectivity index (χ2v) is 6.50. The Kier molecular flexibility index (Phi) is 5.58. The molecule has 0 atom stereocenters. The number of thiazole rings is 1. The van der Waals surface area contributed by atoms with Crippen molar-refractivity contribution in [1.29, 1.82) is 0 Å². The predicted octanol–water partition coefficient (Wildman–Crippen LogP) is 3.65. The first kappa shape index (κ1) is 18.7. The number of hydrogen-bond acceptors (Lipinski definition) is 6. The van der Waals surface area contributed by atoms with Crippen LogP contribution in [0.1, 0.15) is 15.4 Å². The Morgan fingerprint density at radius 3 is 2.52 bits per heavy atom. The Morgan fingerprint density at radius 1 is 1.15 bits per heavy atom. The van der Waals surface area contributed by atoms with Crippen molar-refractivity contribution in [2.24, 2.45) is 10.9 Å². The molecule has 1 aromatic heterocycles. The van der Waals surface area contributed by atoms with Crippen molar-refractivity contribution in [2.45, 2.75) is 0 Å². The Hall–Kier alpha value is -3.10. The molecule has 0 spiro atoms. The van der Waals surface area contributed by atoms with Crippen molar-refractivity contribution in [1.82, 2.24) is 4.98 Å². The number of amides is 1. The van der Waals surface area contributed by atoms with Crippen molar-refractivity contribution in [3.8, 4) is 11.3 Å². The van der Waals surface area contributed by atoms with E-state index in [0.717, 1.165) is 23.0 Å². The van der Waals surface area contributed by atoms with E-state index in [2.05, 4.69) is 15.0 Å². The van der Waals surface area contributed by atoms with Crippen LogP contribution in [0.15, 0.2) is 59.1 Å². The van der Waals surface area contributed by atoms with E-state index in [0.29, 0.717) is 10.7 Å². The highest BCUT2D eigenvalue weighted by molar-refractivity contribution is 7.13. The number of rotatable bonds is 5. The van der Waals surface area contributed by atoms with Gasteiger partial charge < -0.3 is 10.6 Å². The van der Waals surface area contributed by atoms with Gasteiger partial charge in [0.15, 0.2) is 5.01 Å². The monoisotopic (exact) mass is 403 g/mol. The quantitative estimate of drug-likeness (QED) is 0.399. The molecule has 0 aliphatic heterocycles. The van der Waals surface area contributed by atoms with E-state index in [-0.39, 0.29) is 16.3 Å². The smallest absolute Gasteiger partial charge is 0.364 e. The largest absolute Gasteiger partial charge is 0.368 e. The Morgan fingerprint density at radius 2 is 1.85 bits per heavy atom. The highest BCUT2D eigenvalue weighted by atomic mass is 35.5. The summed E-state index contributed by atoms with van der Waals surface area (Å²) in [6.45, 7) is 0. The number of benzene rings is 2. The molecule has 0 saturated carbocycles. The lowest BCUT2D eigenvalue weighted by atomic mass is 10.2. The molecule has 3 aromatic rings. The summed E-state index contributed by atoms with van der Waals surface area (Å²) in [4.78, 5) is 32.6. The Labute approximate surface area is 162 Å². The standard InChI is InChI=1S/C18H11ClFN3O3S/c19-11-7-5-10(6-8-11)14-9-27-17(22-14)15(16(21)24)23-26-18(25)12-3-1-2-4-13(12)20/h1-9H,(H2,21,24)/b23-15-. The topological polar surface area (TPSA) is 94.6 Å². The van der Waals surface area contributed by atoms with Gasteiger partial charge in [-0.15, -0.1) is 11.3 Å². The predicted molar refractivity (Wildman–Crippen MR) is 100 cm³/mol. The molecule has 0 saturated heterocycles. The normalized spacial score (nSPS) is 11.3. The van der Waals surface area contributed by atoms with Gasteiger partial charge in [0.05, 0.1) is 11.3 Å². The molecule has 2 aromatic carbocycles. The van der Waals surface area contributed by atoms with Crippen LogP contribution in [0.4, 0.5) is 4.39 Å². The number of hydrogen-bond donors (Lipinski definition) is 1. The highest BCUT2D eigenvalue weighted by Gasteiger charge is 2.19. The lowest BCUT2D eigenvalue weighted by Crippen LogP contribution is -2.25. The molecule has 9 heteroatoms. The average Bonchev–Trinajstić information content (AvgIpc) is 3.12. The second kappa shape index (κ2) is 8.07. The van der Waals surface area contributed by atoms with Gasteiger partial charge >= 0.3 is 5.97 Å². The zero-order valence-electron chi connectivity index (χ0n) is 13.6. The van der Waals surface area contributed by atoms with Crippen LogP contribution in [0.3, 0.4) is 0 Å². The molecule has 6 nitrogen and oxygen atoms in total. The van der Waals surface area contributed by atoms with Crippen molar-refractivity contribution >= 4 is 40.5 Å². The summed E-state index contributed by atoms with van der Waals surface area (Å²) in [6, 6.07) is 12.2. The van der Waals surface area contributed by atoms with Crippen LogP contribution in [0.5, 0.6) is 0 Å². The number of primary amides is 1. The molecule has 0 bridgehead atoms. The third-order valence-electron chi connectivity index (χ3n) is 3.39. The fourth-order valence-electron chi connectivity index (χ4n) is 2.09. The van der Waals surface area contributed by atoms with Crippen LogP contribution in [-0.2, 0) is 9.63 Å². The van der Waals surface area contributed by atoms with Gasteiger partial charge in [-0.05, 0) is 24.3 Å². The molecule has 0 unspecified atom stereocenters. The summed E-state index contributed by atoms with van der Waals surface area (Å²) >= 11 is 6.95. The maximum Gasteiger partial charge on any atom is 0.368 e. The number of nitrogens with zero attached hydrogens (tertiary/aromatic N) is 2. The molecule has 1 amide bonds. The van der Waals surface area contributed by atoms with Gasteiger partial charge in [-0.3, -0.25) is 4.79 Å². The first-order chi connectivity index (χ1) is 13.0. The molecule has 3 rings (SSSR count). The van der Waals surface area contributed by atoms with E-state index in [9.17, 15) is 14.0 Å². The van der Waals surface area contributed by atoms with Crippen molar-refractivity contribution in [3.05, 3.63) is 75.3 Å². The Bertz CT molecular complexity index is 1030. The van der Waals surface area contributed by atoms with Gasteiger partial charge in [0, 0.05) is 16.0 Å². The zero-order valence-corrected chi connectivity index (χ0v) is 15.1. The minimum atomic E-state index is -1.05.